The Bertz CT molecular complexity index is 403. The van der Waals surface area contributed by atoms with Gasteiger partial charge in [-0.1, -0.05) is 19.8 Å². The largest absolute Gasteiger partial charge is 0.480 e. The third-order valence-corrected chi connectivity index (χ3v) is 2.77. The van der Waals surface area contributed by atoms with Crippen LogP contribution in [0.5, 0.6) is 0 Å². The van der Waals surface area contributed by atoms with Crippen LogP contribution in [-0.2, 0) is 4.79 Å². The molecule has 1 aromatic rings. The van der Waals surface area contributed by atoms with E-state index >= 15 is 0 Å². The molecule has 0 fully saturated rings. The third-order valence-electron chi connectivity index (χ3n) is 2.77. The van der Waals surface area contributed by atoms with Crippen LogP contribution in [0, 0.1) is 0 Å². The summed E-state index contributed by atoms with van der Waals surface area (Å²) in [5.74, 6) is -0.398. The lowest BCUT2D eigenvalue weighted by Crippen LogP contribution is -2.46. The average molecular weight is 268 g/mol. The van der Waals surface area contributed by atoms with E-state index in [2.05, 4.69) is 10.6 Å². The minimum atomic E-state index is -1.02. The fourth-order valence-electron chi connectivity index (χ4n) is 1.67. The highest BCUT2D eigenvalue weighted by Crippen LogP contribution is 2.11. The summed E-state index contributed by atoms with van der Waals surface area (Å²) in [4.78, 5) is 22.7. The molecule has 0 aliphatic heterocycles. The minimum absolute atomic E-state index is 0.310. The first-order valence-electron chi connectivity index (χ1n) is 6.37. The molecule has 0 spiro atoms. The topological polar surface area (TPSA) is 91.6 Å². The van der Waals surface area contributed by atoms with E-state index in [0.717, 1.165) is 12.8 Å². The second-order valence-corrected chi connectivity index (χ2v) is 4.39. The van der Waals surface area contributed by atoms with Crippen LogP contribution in [-0.4, -0.2) is 23.1 Å². The van der Waals surface area contributed by atoms with Crippen LogP contribution in [0.25, 0.3) is 0 Å². The summed E-state index contributed by atoms with van der Waals surface area (Å²) in [6.45, 7) is 3.73. The predicted molar refractivity (Wildman–Crippen MR) is 69.7 cm³/mol. The fraction of sp³-hybridized carbons (Fsp3) is 0.538. The first-order chi connectivity index (χ1) is 9.04. The number of hydrogen-bond donors (Lipinski definition) is 3. The number of furan rings is 1. The second kappa shape index (κ2) is 7.45. The van der Waals surface area contributed by atoms with Gasteiger partial charge in [0.25, 0.3) is 0 Å². The number of amides is 2. The standard InChI is InChI=1S/C13H20N2O4/c1-3-4-6-10(12(16)17)15-13(18)14-9(2)11-7-5-8-19-11/h5,7-10H,3-4,6H2,1-2H3,(H,16,17)(H2,14,15,18). The molecule has 2 atom stereocenters. The first-order valence-corrected chi connectivity index (χ1v) is 6.37. The molecule has 19 heavy (non-hydrogen) atoms. The van der Waals surface area contributed by atoms with Gasteiger partial charge in [0.15, 0.2) is 0 Å². The van der Waals surface area contributed by atoms with Crippen LogP contribution in [0.15, 0.2) is 22.8 Å². The molecule has 2 unspecified atom stereocenters. The maximum atomic E-state index is 11.7. The molecular weight excluding hydrogens is 248 g/mol. The van der Waals surface area contributed by atoms with Crippen molar-refractivity contribution in [1.29, 1.82) is 0 Å². The zero-order chi connectivity index (χ0) is 14.3. The van der Waals surface area contributed by atoms with Gasteiger partial charge in [0.05, 0.1) is 12.3 Å². The summed E-state index contributed by atoms with van der Waals surface area (Å²) in [7, 11) is 0. The van der Waals surface area contributed by atoms with Gasteiger partial charge in [-0.2, -0.15) is 0 Å². The average Bonchev–Trinajstić information content (AvgIpc) is 2.87. The number of nitrogens with one attached hydrogen (secondary N) is 2. The number of aliphatic carboxylic acids is 1. The number of carbonyl (C=O) groups excluding carboxylic acids is 1. The number of rotatable bonds is 7. The monoisotopic (exact) mass is 268 g/mol. The zero-order valence-electron chi connectivity index (χ0n) is 11.2. The van der Waals surface area contributed by atoms with Crippen molar-refractivity contribution in [1.82, 2.24) is 10.6 Å². The SMILES string of the molecule is CCCCC(NC(=O)NC(C)c1ccco1)C(=O)O. The maximum absolute atomic E-state index is 11.7. The van der Waals surface area contributed by atoms with E-state index in [1.165, 1.54) is 6.26 Å². The van der Waals surface area contributed by atoms with Crippen LogP contribution in [0.4, 0.5) is 4.79 Å². The van der Waals surface area contributed by atoms with E-state index in [1.54, 1.807) is 19.1 Å². The molecule has 1 heterocycles. The molecule has 3 N–H and O–H groups in total. The van der Waals surface area contributed by atoms with Gasteiger partial charge in [0.2, 0.25) is 0 Å². The van der Waals surface area contributed by atoms with E-state index in [1.807, 2.05) is 6.92 Å². The highest BCUT2D eigenvalue weighted by atomic mass is 16.4. The van der Waals surface area contributed by atoms with Crippen LogP contribution in [0.2, 0.25) is 0 Å². The number of hydrogen-bond acceptors (Lipinski definition) is 3. The molecule has 1 aromatic heterocycles. The smallest absolute Gasteiger partial charge is 0.326 e. The number of carbonyl (C=O) groups is 2. The van der Waals surface area contributed by atoms with Crippen molar-refractivity contribution < 1.29 is 19.1 Å². The van der Waals surface area contributed by atoms with Gasteiger partial charge in [0, 0.05) is 0 Å². The number of urea groups is 1. The van der Waals surface area contributed by atoms with Crippen molar-refractivity contribution in [3.63, 3.8) is 0 Å². The van der Waals surface area contributed by atoms with Crippen molar-refractivity contribution in [2.45, 2.75) is 45.2 Å². The molecule has 0 aromatic carbocycles. The Balaban J connectivity index is 2.46. The molecule has 6 heteroatoms. The molecule has 0 radical (unpaired) electrons. The molecular formula is C13H20N2O4. The summed E-state index contributed by atoms with van der Waals surface area (Å²) < 4.78 is 5.15. The van der Waals surface area contributed by atoms with Crippen molar-refractivity contribution in [3.05, 3.63) is 24.2 Å². The molecule has 0 saturated carbocycles. The number of unbranched alkanes of at least 4 members (excludes halogenated alkanes) is 1. The summed E-state index contributed by atoms with van der Waals surface area (Å²) in [5.41, 5.74) is 0. The van der Waals surface area contributed by atoms with E-state index < -0.39 is 18.0 Å². The molecule has 1 rings (SSSR count). The molecule has 0 aliphatic rings. The molecule has 6 nitrogen and oxygen atoms in total. The Hall–Kier alpha value is -1.98. The van der Waals surface area contributed by atoms with Crippen molar-refractivity contribution in [2.75, 3.05) is 0 Å². The Morgan fingerprint density at radius 2 is 2.16 bits per heavy atom. The Morgan fingerprint density at radius 1 is 1.42 bits per heavy atom. The minimum Gasteiger partial charge on any atom is -0.480 e. The van der Waals surface area contributed by atoms with E-state index in [4.69, 9.17) is 9.52 Å². The van der Waals surface area contributed by atoms with Gasteiger partial charge in [-0.05, 0) is 25.5 Å². The van der Waals surface area contributed by atoms with Crippen molar-refractivity contribution >= 4 is 12.0 Å². The molecule has 0 saturated heterocycles. The quantitative estimate of drug-likeness (QED) is 0.707. The molecule has 106 valence electrons. The fourth-order valence-corrected chi connectivity index (χ4v) is 1.67. The highest BCUT2D eigenvalue weighted by Gasteiger charge is 2.20. The Morgan fingerprint density at radius 3 is 2.68 bits per heavy atom. The first kappa shape index (κ1) is 15.1. The normalized spacial score (nSPS) is 13.6. The molecule has 0 bridgehead atoms. The summed E-state index contributed by atoms with van der Waals surface area (Å²) in [6.07, 6.45) is 3.59. The highest BCUT2D eigenvalue weighted by molar-refractivity contribution is 5.82. The second-order valence-electron chi connectivity index (χ2n) is 4.39. The van der Waals surface area contributed by atoms with E-state index in [9.17, 15) is 9.59 Å². The lowest BCUT2D eigenvalue weighted by Gasteiger charge is -2.17. The van der Waals surface area contributed by atoms with Crippen molar-refractivity contribution in [3.8, 4) is 0 Å². The van der Waals surface area contributed by atoms with Gasteiger partial charge in [0.1, 0.15) is 11.8 Å². The molecule has 2 amide bonds. The van der Waals surface area contributed by atoms with Crippen LogP contribution < -0.4 is 10.6 Å². The maximum Gasteiger partial charge on any atom is 0.326 e. The lowest BCUT2D eigenvalue weighted by molar-refractivity contribution is -0.139. The van der Waals surface area contributed by atoms with Crippen LogP contribution in [0.3, 0.4) is 0 Å². The number of carboxylic acids is 1. The summed E-state index contributed by atoms with van der Waals surface area (Å²) >= 11 is 0. The number of carboxylic acid groups (broad SMARTS) is 1. The zero-order valence-corrected chi connectivity index (χ0v) is 11.2. The third kappa shape index (κ3) is 5.03. The van der Waals surface area contributed by atoms with Gasteiger partial charge in [-0.15, -0.1) is 0 Å². The lowest BCUT2D eigenvalue weighted by atomic mass is 10.1. The van der Waals surface area contributed by atoms with E-state index in [0.29, 0.717) is 12.2 Å². The van der Waals surface area contributed by atoms with Gasteiger partial charge in [-0.3, -0.25) is 0 Å². The van der Waals surface area contributed by atoms with Gasteiger partial charge >= 0.3 is 12.0 Å². The van der Waals surface area contributed by atoms with Crippen molar-refractivity contribution in [2.24, 2.45) is 0 Å². The summed E-state index contributed by atoms with van der Waals surface area (Å²) in [6, 6.07) is 1.80. The van der Waals surface area contributed by atoms with Crippen LogP contribution in [0.1, 0.15) is 44.9 Å². The van der Waals surface area contributed by atoms with Crippen LogP contribution >= 0.6 is 0 Å². The van der Waals surface area contributed by atoms with Gasteiger partial charge in [-0.25, -0.2) is 9.59 Å². The van der Waals surface area contributed by atoms with Gasteiger partial charge < -0.3 is 20.2 Å². The molecule has 0 aliphatic carbocycles. The predicted octanol–water partition coefficient (Wildman–Crippen LogP) is 2.28. The Labute approximate surface area is 112 Å². The Kier molecular flexibility index (Phi) is 5.92. The van der Waals surface area contributed by atoms with E-state index in [-0.39, 0.29) is 6.04 Å². The summed E-state index contributed by atoms with van der Waals surface area (Å²) in [5, 5.41) is 14.1.